The maximum atomic E-state index is 5.27. The summed E-state index contributed by atoms with van der Waals surface area (Å²) in [6.45, 7) is 9.40. The molecule has 0 radical (unpaired) electrons. The van der Waals surface area contributed by atoms with E-state index in [9.17, 15) is 0 Å². The Morgan fingerprint density at radius 2 is 2.10 bits per heavy atom. The zero-order valence-corrected chi connectivity index (χ0v) is 13.9. The van der Waals surface area contributed by atoms with Crippen LogP contribution in [0, 0.1) is 0 Å². The third kappa shape index (κ3) is 4.58. The largest absolute Gasteiger partial charge is 0.338 e. The van der Waals surface area contributed by atoms with Crippen molar-refractivity contribution in [2.24, 2.45) is 0 Å². The number of rotatable bonds is 7. The molecule has 1 atom stereocenters. The molecule has 2 aromatic rings. The van der Waals surface area contributed by atoms with Crippen LogP contribution in [0.4, 0.5) is 0 Å². The van der Waals surface area contributed by atoms with Gasteiger partial charge in [-0.25, -0.2) is 0 Å². The number of hydrogen-bond acceptors (Lipinski definition) is 5. The van der Waals surface area contributed by atoms with Crippen LogP contribution in [0.15, 0.2) is 33.7 Å². The number of hydrogen-bond donors (Lipinski definition) is 1. The molecule has 1 aromatic heterocycles. The maximum Gasteiger partial charge on any atom is 0.237 e. The van der Waals surface area contributed by atoms with Crippen LogP contribution in [0.2, 0.25) is 0 Å². The zero-order chi connectivity index (χ0) is 15.2. The molecule has 0 aliphatic heterocycles. The summed E-state index contributed by atoms with van der Waals surface area (Å²) in [5.41, 5.74) is 1.30. The predicted molar refractivity (Wildman–Crippen MR) is 86.5 cm³/mol. The van der Waals surface area contributed by atoms with Crippen molar-refractivity contribution >= 4 is 11.8 Å². The van der Waals surface area contributed by atoms with Crippen molar-refractivity contribution in [2.75, 3.05) is 6.54 Å². The Kier molecular flexibility index (Phi) is 5.82. The highest BCUT2D eigenvalue weighted by atomic mass is 32.2. The van der Waals surface area contributed by atoms with Gasteiger partial charge in [-0.05, 0) is 31.2 Å². The first-order chi connectivity index (χ1) is 10.1. The van der Waals surface area contributed by atoms with Crippen molar-refractivity contribution in [1.29, 1.82) is 0 Å². The van der Waals surface area contributed by atoms with Crippen molar-refractivity contribution < 1.29 is 4.52 Å². The number of benzene rings is 1. The van der Waals surface area contributed by atoms with Gasteiger partial charge in [0.05, 0.1) is 5.75 Å². The van der Waals surface area contributed by atoms with Crippen LogP contribution in [-0.4, -0.2) is 16.7 Å². The van der Waals surface area contributed by atoms with E-state index in [1.54, 1.807) is 11.8 Å². The summed E-state index contributed by atoms with van der Waals surface area (Å²) in [6, 6.07) is 8.95. The Morgan fingerprint density at radius 3 is 2.76 bits per heavy atom. The topological polar surface area (TPSA) is 51.0 Å². The van der Waals surface area contributed by atoms with Gasteiger partial charge < -0.3 is 9.84 Å². The van der Waals surface area contributed by atoms with Crippen molar-refractivity contribution in [3.8, 4) is 0 Å². The lowest BCUT2D eigenvalue weighted by molar-refractivity contribution is 0.383. The van der Waals surface area contributed by atoms with E-state index in [0.717, 1.165) is 12.4 Å². The lowest BCUT2D eigenvalue weighted by Gasteiger charge is -2.13. The molecule has 0 bridgehead atoms. The third-order valence-corrected chi connectivity index (χ3v) is 4.21. The van der Waals surface area contributed by atoms with Crippen LogP contribution in [0.1, 0.15) is 56.9 Å². The number of nitrogens with one attached hydrogen (secondary N) is 1. The van der Waals surface area contributed by atoms with E-state index in [2.05, 4.69) is 67.4 Å². The Morgan fingerprint density at radius 1 is 1.29 bits per heavy atom. The molecule has 2 rings (SSSR count). The molecule has 1 heterocycles. The summed E-state index contributed by atoms with van der Waals surface area (Å²) in [5, 5.41) is 7.42. The summed E-state index contributed by atoms with van der Waals surface area (Å²) in [7, 11) is 0. The molecular weight excluding hydrogens is 282 g/mol. The molecule has 4 nitrogen and oxygen atoms in total. The summed E-state index contributed by atoms with van der Waals surface area (Å²) in [5.74, 6) is 2.48. The van der Waals surface area contributed by atoms with Gasteiger partial charge in [0, 0.05) is 16.9 Å². The van der Waals surface area contributed by atoms with Crippen LogP contribution in [-0.2, 0) is 5.75 Å². The predicted octanol–water partition coefficient (Wildman–Crippen LogP) is 4.16. The minimum Gasteiger partial charge on any atom is -0.338 e. The first-order valence-corrected chi connectivity index (χ1v) is 8.37. The molecule has 21 heavy (non-hydrogen) atoms. The zero-order valence-electron chi connectivity index (χ0n) is 13.1. The molecule has 0 spiro atoms. The first-order valence-electron chi connectivity index (χ1n) is 7.38. The number of thioether (sulfide) groups is 1. The molecular formula is C16H23N3OS. The van der Waals surface area contributed by atoms with Gasteiger partial charge in [-0.2, -0.15) is 4.98 Å². The fraction of sp³-hybridized carbons (Fsp3) is 0.500. The van der Waals surface area contributed by atoms with Crippen LogP contribution in [0.25, 0.3) is 0 Å². The van der Waals surface area contributed by atoms with E-state index in [4.69, 9.17) is 4.52 Å². The fourth-order valence-electron chi connectivity index (χ4n) is 2.00. The fourth-order valence-corrected chi connectivity index (χ4v) is 2.81. The standard InChI is InChI=1S/C16H23N3OS/c1-5-17-12(4)13-7-6-8-14(9-13)21-10-15-18-16(11(2)3)19-20-15/h6-9,11-12,17H,5,10H2,1-4H3. The molecule has 0 aliphatic carbocycles. The molecule has 0 amide bonds. The molecule has 0 saturated carbocycles. The Labute approximate surface area is 130 Å². The van der Waals surface area contributed by atoms with Crippen LogP contribution in [0.5, 0.6) is 0 Å². The number of aromatic nitrogens is 2. The quantitative estimate of drug-likeness (QED) is 0.779. The normalized spacial score (nSPS) is 12.8. The van der Waals surface area contributed by atoms with E-state index < -0.39 is 0 Å². The van der Waals surface area contributed by atoms with Gasteiger partial charge >= 0.3 is 0 Å². The summed E-state index contributed by atoms with van der Waals surface area (Å²) in [4.78, 5) is 5.62. The van der Waals surface area contributed by atoms with Gasteiger partial charge in [0.25, 0.3) is 0 Å². The van der Waals surface area contributed by atoms with Crippen molar-refractivity contribution in [3.63, 3.8) is 0 Å². The second-order valence-corrected chi connectivity index (χ2v) is 6.39. The summed E-state index contributed by atoms with van der Waals surface area (Å²) >= 11 is 1.72. The average molecular weight is 305 g/mol. The highest BCUT2D eigenvalue weighted by Gasteiger charge is 2.10. The van der Waals surface area contributed by atoms with E-state index in [-0.39, 0.29) is 0 Å². The molecule has 0 fully saturated rings. The second-order valence-electron chi connectivity index (χ2n) is 5.34. The van der Waals surface area contributed by atoms with Crippen LogP contribution >= 0.6 is 11.8 Å². The maximum absolute atomic E-state index is 5.27. The SMILES string of the molecule is CCNC(C)c1cccc(SCc2nc(C(C)C)no2)c1. The van der Waals surface area contributed by atoms with Gasteiger partial charge in [-0.15, -0.1) is 11.8 Å². The van der Waals surface area contributed by atoms with Gasteiger partial charge in [0.15, 0.2) is 5.82 Å². The Bertz CT molecular complexity index is 568. The minimum absolute atomic E-state index is 0.303. The summed E-state index contributed by atoms with van der Waals surface area (Å²) < 4.78 is 5.27. The Balaban J connectivity index is 1.97. The summed E-state index contributed by atoms with van der Waals surface area (Å²) in [6.07, 6.45) is 0. The van der Waals surface area contributed by atoms with E-state index >= 15 is 0 Å². The second kappa shape index (κ2) is 7.61. The molecule has 1 N–H and O–H groups in total. The highest BCUT2D eigenvalue weighted by molar-refractivity contribution is 7.98. The number of nitrogens with zero attached hydrogens (tertiary/aromatic N) is 2. The molecule has 1 aromatic carbocycles. The minimum atomic E-state index is 0.303. The van der Waals surface area contributed by atoms with E-state index in [0.29, 0.717) is 23.6 Å². The van der Waals surface area contributed by atoms with Gasteiger partial charge in [0.2, 0.25) is 5.89 Å². The van der Waals surface area contributed by atoms with Crippen LogP contribution in [0.3, 0.4) is 0 Å². The lowest BCUT2D eigenvalue weighted by atomic mass is 10.1. The smallest absolute Gasteiger partial charge is 0.237 e. The average Bonchev–Trinajstić information content (AvgIpc) is 2.95. The lowest BCUT2D eigenvalue weighted by Crippen LogP contribution is -2.17. The molecule has 0 aliphatic rings. The first kappa shape index (κ1) is 16.0. The molecule has 5 heteroatoms. The van der Waals surface area contributed by atoms with Crippen molar-refractivity contribution in [1.82, 2.24) is 15.5 Å². The van der Waals surface area contributed by atoms with Gasteiger partial charge in [-0.1, -0.05) is 38.1 Å². The van der Waals surface area contributed by atoms with Crippen molar-refractivity contribution in [2.45, 2.75) is 50.3 Å². The highest BCUT2D eigenvalue weighted by Crippen LogP contribution is 2.25. The van der Waals surface area contributed by atoms with Gasteiger partial charge in [-0.3, -0.25) is 0 Å². The van der Waals surface area contributed by atoms with Crippen LogP contribution < -0.4 is 5.32 Å². The van der Waals surface area contributed by atoms with Gasteiger partial charge in [0.1, 0.15) is 0 Å². The molecule has 114 valence electrons. The van der Waals surface area contributed by atoms with E-state index in [1.165, 1.54) is 10.5 Å². The van der Waals surface area contributed by atoms with E-state index in [1.807, 2.05) is 0 Å². The third-order valence-electron chi connectivity index (χ3n) is 3.23. The van der Waals surface area contributed by atoms with Crippen molar-refractivity contribution in [3.05, 3.63) is 41.5 Å². The Hall–Kier alpha value is -1.33. The molecule has 0 saturated heterocycles. The monoisotopic (exact) mass is 305 g/mol. The molecule has 1 unspecified atom stereocenters.